The molecule has 0 aliphatic carbocycles. The van der Waals surface area contributed by atoms with Crippen LogP contribution in [0.15, 0.2) is 40.9 Å². The van der Waals surface area contributed by atoms with Crippen molar-refractivity contribution in [2.75, 3.05) is 5.32 Å². The van der Waals surface area contributed by atoms with Gasteiger partial charge in [0.25, 0.3) is 0 Å². The molecule has 4 heteroatoms. The molecule has 3 nitrogen and oxygen atoms in total. The van der Waals surface area contributed by atoms with Gasteiger partial charge in [-0.15, -0.1) is 0 Å². The van der Waals surface area contributed by atoms with Crippen molar-refractivity contribution in [2.45, 2.75) is 13.3 Å². The van der Waals surface area contributed by atoms with Gasteiger partial charge >= 0.3 is 0 Å². The van der Waals surface area contributed by atoms with Crippen molar-refractivity contribution in [3.05, 3.63) is 63.1 Å². The van der Waals surface area contributed by atoms with Crippen molar-refractivity contribution in [3.63, 3.8) is 0 Å². The standard InChI is InChI=1S/C16H12BrNO2/c1-9-2-4-13(17)12(6-9)16(20)10-3-5-14-11(7-10)8-15(19)18-14/h2-7H,8H2,1H3,(H,18,19). The molecule has 0 fully saturated rings. The lowest BCUT2D eigenvalue weighted by Gasteiger charge is -2.07. The van der Waals surface area contributed by atoms with Crippen molar-refractivity contribution >= 4 is 33.3 Å². The van der Waals surface area contributed by atoms with Crippen LogP contribution >= 0.6 is 15.9 Å². The van der Waals surface area contributed by atoms with E-state index in [-0.39, 0.29) is 11.7 Å². The molecule has 100 valence electrons. The Bertz CT molecular complexity index is 737. The number of fused-ring (bicyclic) bond motifs is 1. The van der Waals surface area contributed by atoms with Gasteiger partial charge in [-0.05, 0) is 42.8 Å². The molecule has 0 saturated heterocycles. The predicted octanol–water partition coefficient (Wildman–Crippen LogP) is 3.48. The van der Waals surface area contributed by atoms with Crippen molar-refractivity contribution in [1.82, 2.24) is 0 Å². The second kappa shape index (κ2) is 4.87. The van der Waals surface area contributed by atoms with Gasteiger partial charge in [-0.25, -0.2) is 0 Å². The topological polar surface area (TPSA) is 46.2 Å². The summed E-state index contributed by atoms with van der Waals surface area (Å²) in [6.07, 6.45) is 0.339. The van der Waals surface area contributed by atoms with Gasteiger partial charge in [-0.2, -0.15) is 0 Å². The van der Waals surface area contributed by atoms with Crippen molar-refractivity contribution in [3.8, 4) is 0 Å². The molecule has 0 spiro atoms. The van der Waals surface area contributed by atoms with Crippen LogP contribution in [-0.2, 0) is 11.2 Å². The van der Waals surface area contributed by atoms with Gasteiger partial charge in [-0.1, -0.05) is 27.6 Å². The van der Waals surface area contributed by atoms with E-state index in [0.29, 0.717) is 17.5 Å². The maximum atomic E-state index is 12.6. The number of carbonyl (C=O) groups excluding carboxylic acids is 2. The summed E-state index contributed by atoms with van der Waals surface area (Å²) in [6, 6.07) is 11.0. The summed E-state index contributed by atoms with van der Waals surface area (Å²) in [7, 11) is 0. The second-order valence-corrected chi connectivity index (χ2v) is 5.76. The molecule has 0 unspecified atom stereocenters. The second-order valence-electron chi connectivity index (χ2n) is 4.91. The van der Waals surface area contributed by atoms with E-state index >= 15 is 0 Å². The van der Waals surface area contributed by atoms with Crippen molar-refractivity contribution < 1.29 is 9.59 Å². The van der Waals surface area contributed by atoms with Gasteiger partial charge in [0.2, 0.25) is 5.91 Å². The molecular formula is C16H12BrNO2. The number of carbonyl (C=O) groups is 2. The van der Waals surface area contributed by atoms with Crippen LogP contribution in [0.5, 0.6) is 0 Å². The molecule has 2 aromatic carbocycles. The van der Waals surface area contributed by atoms with E-state index in [4.69, 9.17) is 0 Å². The highest BCUT2D eigenvalue weighted by molar-refractivity contribution is 9.10. The maximum Gasteiger partial charge on any atom is 0.228 e. The molecule has 20 heavy (non-hydrogen) atoms. The number of hydrogen-bond donors (Lipinski definition) is 1. The van der Waals surface area contributed by atoms with E-state index in [2.05, 4.69) is 21.2 Å². The Labute approximate surface area is 125 Å². The molecule has 0 aromatic heterocycles. The van der Waals surface area contributed by atoms with Crippen LogP contribution in [0.4, 0.5) is 5.69 Å². The lowest BCUT2D eigenvalue weighted by atomic mass is 9.99. The zero-order valence-electron chi connectivity index (χ0n) is 10.9. The summed E-state index contributed by atoms with van der Waals surface area (Å²) in [4.78, 5) is 23.9. The lowest BCUT2D eigenvalue weighted by molar-refractivity contribution is -0.115. The number of hydrogen-bond acceptors (Lipinski definition) is 2. The highest BCUT2D eigenvalue weighted by Crippen LogP contribution is 2.27. The lowest BCUT2D eigenvalue weighted by Crippen LogP contribution is -2.03. The molecule has 0 radical (unpaired) electrons. The van der Waals surface area contributed by atoms with Crippen LogP contribution in [0, 0.1) is 6.92 Å². The fourth-order valence-corrected chi connectivity index (χ4v) is 2.77. The van der Waals surface area contributed by atoms with Gasteiger partial charge in [0.05, 0.1) is 6.42 Å². The first-order valence-electron chi connectivity index (χ1n) is 6.28. The molecular weight excluding hydrogens is 318 g/mol. The fraction of sp³-hybridized carbons (Fsp3) is 0.125. The van der Waals surface area contributed by atoms with Gasteiger partial charge in [0, 0.05) is 21.3 Å². The molecule has 1 N–H and O–H groups in total. The SMILES string of the molecule is Cc1ccc(Br)c(C(=O)c2ccc3c(c2)CC(=O)N3)c1. The molecule has 0 bridgehead atoms. The molecule has 0 saturated carbocycles. The summed E-state index contributed by atoms with van der Waals surface area (Å²) < 4.78 is 0.780. The summed E-state index contributed by atoms with van der Waals surface area (Å²) >= 11 is 3.41. The molecule has 0 atom stereocenters. The molecule has 1 aliphatic heterocycles. The van der Waals surface area contributed by atoms with Crippen LogP contribution in [0.2, 0.25) is 0 Å². The van der Waals surface area contributed by atoms with Gasteiger partial charge in [-0.3, -0.25) is 9.59 Å². The third-order valence-electron chi connectivity index (χ3n) is 3.36. The van der Waals surface area contributed by atoms with Crippen LogP contribution in [0.25, 0.3) is 0 Å². The number of anilines is 1. The first-order valence-corrected chi connectivity index (χ1v) is 7.07. The smallest absolute Gasteiger partial charge is 0.228 e. The van der Waals surface area contributed by atoms with Crippen LogP contribution in [0.1, 0.15) is 27.0 Å². The first-order chi connectivity index (χ1) is 9.54. The molecule has 1 heterocycles. The highest BCUT2D eigenvalue weighted by atomic mass is 79.9. The van der Waals surface area contributed by atoms with Gasteiger partial charge in [0.1, 0.15) is 0 Å². The third kappa shape index (κ3) is 2.27. The quantitative estimate of drug-likeness (QED) is 0.857. The molecule has 3 rings (SSSR count). The number of halogens is 1. The van der Waals surface area contributed by atoms with Gasteiger partial charge < -0.3 is 5.32 Å². The van der Waals surface area contributed by atoms with Crippen LogP contribution < -0.4 is 5.32 Å². The van der Waals surface area contributed by atoms with E-state index in [1.807, 2.05) is 25.1 Å². The highest BCUT2D eigenvalue weighted by Gasteiger charge is 2.20. The van der Waals surface area contributed by atoms with Crippen LogP contribution in [0.3, 0.4) is 0 Å². The third-order valence-corrected chi connectivity index (χ3v) is 4.05. The van der Waals surface area contributed by atoms with E-state index < -0.39 is 0 Å². The zero-order valence-corrected chi connectivity index (χ0v) is 12.5. The number of aryl methyl sites for hydroxylation is 1. The number of amides is 1. The minimum atomic E-state index is -0.0391. The molecule has 1 amide bonds. The Morgan fingerprint density at radius 1 is 1.20 bits per heavy atom. The minimum Gasteiger partial charge on any atom is -0.326 e. The summed E-state index contributed by atoms with van der Waals surface area (Å²) in [5.41, 5.74) is 3.96. The Morgan fingerprint density at radius 3 is 2.80 bits per heavy atom. The minimum absolute atomic E-state index is 0.0265. The number of nitrogens with one attached hydrogen (secondary N) is 1. The van der Waals surface area contributed by atoms with E-state index in [1.165, 1.54) is 0 Å². The molecule has 1 aliphatic rings. The normalized spacial score (nSPS) is 13.0. The number of ketones is 1. The maximum absolute atomic E-state index is 12.6. The predicted molar refractivity (Wildman–Crippen MR) is 81.1 cm³/mol. The van der Waals surface area contributed by atoms with Crippen molar-refractivity contribution in [2.24, 2.45) is 0 Å². The molecule has 2 aromatic rings. The summed E-state index contributed by atoms with van der Waals surface area (Å²) in [5, 5.41) is 2.76. The zero-order chi connectivity index (χ0) is 14.3. The Morgan fingerprint density at radius 2 is 2.00 bits per heavy atom. The number of benzene rings is 2. The Kier molecular flexibility index (Phi) is 3.18. The monoisotopic (exact) mass is 329 g/mol. The van der Waals surface area contributed by atoms with E-state index in [1.54, 1.807) is 18.2 Å². The van der Waals surface area contributed by atoms with Crippen LogP contribution in [-0.4, -0.2) is 11.7 Å². The number of rotatable bonds is 2. The van der Waals surface area contributed by atoms with Gasteiger partial charge in [0.15, 0.2) is 5.78 Å². The first kappa shape index (κ1) is 13.1. The Hall–Kier alpha value is -1.94. The largest absolute Gasteiger partial charge is 0.326 e. The van der Waals surface area contributed by atoms with E-state index in [0.717, 1.165) is 21.3 Å². The average molecular weight is 330 g/mol. The van der Waals surface area contributed by atoms with Crippen molar-refractivity contribution in [1.29, 1.82) is 0 Å². The fourth-order valence-electron chi connectivity index (χ4n) is 2.34. The Balaban J connectivity index is 2.01. The summed E-state index contributed by atoms with van der Waals surface area (Å²) in [6.45, 7) is 1.95. The average Bonchev–Trinajstić information content (AvgIpc) is 2.79. The van der Waals surface area contributed by atoms with E-state index in [9.17, 15) is 9.59 Å². The summed E-state index contributed by atoms with van der Waals surface area (Å²) in [5.74, 6) is -0.0657.